The van der Waals surface area contributed by atoms with Crippen molar-refractivity contribution >= 4 is 27.3 Å². The molecule has 2 unspecified atom stereocenters. The third-order valence-corrected chi connectivity index (χ3v) is 6.77. The van der Waals surface area contributed by atoms with Gasteiger partial charge in [0.25, 0.3) is 0 Å². The molecule has 0 aromatic carbocycles. The molecule has 114 valence electrons. The van der Waals surface area contributed by atoms with Crippen LogP contribution in [0.5, 0.6) is 0 Å². The number of likely N-dealkylation sites (N-methyl/N-ethyl adjacent to an activating group) is 1. The zero-order valence-electron chi connectivity index (χ0n) is 12.9. The second-order valence-electron chi connectivity index (χ2n) is 5.91. The summed E-state index contributed by atoms with van der Waals surface area (Å²) in [6.45, 7) is 10.6. The Balaban J connectivity index is 2.18. The van der Waals surface area contributed by atoms with Crippen LogP contribution >= 0.6 is 27.3 Å². The van der Waals surface area contributed by atoms with E-state index in [2.05, 4.69) is 58.4 Å². The van der Waals surface area contributed by atoms with Crippen molar-refractivity contribution in [3.8, 4) is 0 Å². The van der Waals surface area contributed by atoms with Crippen molar-refractivity contribution in [2.45, 2.75) is 58.0 Å². The van der Waals surface area contributed by atoms with E-state index in [0.29, 0.717) is 6.04 Å². The first-order chi connectivity index (χ1) is 9.61. The third-order valence-electron chi connectivity index (χ3n) is 4.83. The Labute approximate surface area is 136 Å². The largest absolute Gasteiger partial charge is 0.312 e. The number of likely N-dealkylation sites (tertiary alicyclic amines) is 1. The van der Waals surface area contributed by atoms with E-state index in [1.807, 2.05) is 11.3 Å². The highest BCUT2D eigenvalue weighted by Crippen LogP contribution is 2.32. The molecule has 0 amide bonds. The summed E-state index contributed by atoms with van der Waals surface area (Å²) >= 11 is 5.55. The van der Waals surface area contributed by atoms with Gasteiger partial charge in [-0.25, -0.2) is 0 Å². The van der Waals surface area contributed by atoms with Crippen LogP contribution in [-0.2, 0) is 6.42 Å². The molecule has 1 saturated heterocycles. The Bertz CT molecular complexity index is 414. The number of halogens is 1. The zero-order chi connectivity index (χ0) is 14.6. The van der Waals surface area contributed by atoms with Crippen LogP contribution < -0.4 is 5.32 Å². The topological polar surface area (TPSA) is 15.3 Å². The van der Waals surface area contributed by atoms with Gasteiger partial charge in [0.15, 0.2) is 0 Å². The Morgan fingerprint density at radius 1 is 1.40 bits per heavy atom. The molecule has 1 fully saturated rings. The summed E-state index contributed by atoms with van der Waals surface area (Å²) in [5, 5.41) is 5.94. The highest BCUT2D eigenvalue weighted by molar-refractivity contribution is 9.10. The van der Waals surface area contributed by atoms with Gasteiger partial charge in [-0.3, -0.25) is 4.90 Å². The monoisotopic (exact) mass is 358 g/mol. The van der Waals surface area contributed by atoms with Gasteiger partial charge in [-0.05, 0) is 79.6 Å². The fourth-order valence-electron chi connectivity index (χ4n) is 3.33. The minimum Gasteiger partial charge on any atom is -0.312 e. The van der Waals surface area contributed by atoms with Crippen molar-refractivity contribution in [2.24, 2.45) is 0 Å². The normalized spacial score (nSPS) is 21.0. The van der Waals surface area contributed by atoms with E-state index in [4.69, 9.17) is 0 Å². The first-order valence-electron chi connectivity index (χ1n) is 7.82. The molecule has 4 heteroatoms. The van der Waals surface area contributed by atoms with Crippen LogP contribution in [0, 0.1) is 0 Å². The molecule has 2 rings (SSSR count). The summed E-state index contributed by atoms with van der Waals surface area (Å²) in [5.41, 5.74) is 0.260. The van der Waals surface area contributed by atoms with E-state index in [1.165, 1.54) is 41.7 Å². The Kier molecular flexibility index (Phi) is 6.09. The van der Waals surface area contributed by atoms with Crippen LogP contribution in [-0.4, -0.2) is 36.1 Å². The van der Waals surface area contributed by atoms with Gasteiger partial charge in [0.2, 0.25) is 0 Å². The Morgan fingerprint density at radius 3 is 2.60 bits per heavy atom. The van der Waals surface area contributed by atoms with E-state index in [1.54, 1.807) is 0 Å². The summed E-state index contributed by atoms with van der Waals surface area (Å²) in [6.07, 6.45) is 5.04. The maximum atomic E-state index is 3.76. The predicted octanol–water partition coefficient (Wildman–Crippen LogP) is 4.30. The van der Waals surface area contributed by atoms with Gasteiger partial charge in [-0.2, -0.15) is 0 Å². The zero-order valence-corrected chi connectivity index (χ0v) is 15.3. The lowest BCUT2D eigenvalue weighted by atomic mass is 9.85. The molecule has 0 saturated carbocycles. The van der Waals surface area contributed by atoms with Crippen LogP contribution in [0.4, 0.5) is 0 Å². The second-order valence-corrected chi connectivity index (χ2v) is 7.77. The average molecular weight is 359 g/mol. The first-order valence-corrected chi connectivity index (χ1v) is 9.49. The number of nitrogens with zero attached hydrogens (tertiary/aromatic N) is 1. The highest BCUT2D eigenvalue weighted by atomic mass is 79.9. The SMILES string of the molecule is CCNC(Cc1sccc1Br)C(C)(CC)N1CCCC1. The van der Waals surface area contributed by atoms with Crippen molar-refractivity contribution < 1.29 is 0 Å². The number of nitrogens with one attached hydrogen (secondary N) is 1. The molecule has 2 heterocycles. The lowest BCUT2D eigenvalue weighted by Crippen LogP contribution is -2.59. The third kappa shape index (κ3) is 3.46. The van der Waals surface area contributed by atoms with Crippen molar-refractivity contribution in [1.29, 1.82) is 0 Å². The molecule has 1 aromatic rings. The molecule has 0 radical (unpaired) electrons. The van der Waals surface area contributed by atoms with Crippen molar-refractivity contribution in [1.82, 2.24) is 10.2 Å². The van der Waals surface area contributed by atoms with Gasteiger partial charge >= 0.3 is 0 Å². The number of hydrogen-bond acceptors (Lipinski definition) is 3. The maximum absolute atomic E-state index is 3.76. The number of rotatable bonds is 7. The fourth-order valence-corrected chi connectivity index (χ4v) is 4.89. The molecule has 0 spiro atoms. The molecule has 0 aliphatic carbocycles. The first kappa shape index (κ1) is 16.5. The highest BCUT2D eigenvalue weighted by Gasteiger charge is 2.39. The maximum Gasteiger partial charge on any atom is 0.0335 e. The second kappa shape index (κ2) is 7.39. The predicted molar refractivity (Wildman–Crippen MR) is 92.7 cm³/mol. The number of thiophene rings is 1. The van der Waals surface area contributed by atoms with Gasteiger partial charge < -0.3 is 5.32 Å². The van der Waals surface area contributed by atoms with Crippen LogP contribution in [0.2, 0.25) is 0 Å². The van der Waals surface area contributed by atoms with Crippen molar-refractivity contribution in [2.75, 3.05) is 19.6 Å². The summed E-state index contributed by atoms with van der Waals surface area (Å²) in [7, 11) is 0. The average Bonchev–Trinajstić information content (AvgIpc) is 3.10. The van der Waals surface area contributed by atoms with Crippen molar-refractivity contribution in [3.05, 3.63) is 20.8 Å². The molecule has 1 aliphatic rings. The van der Waals surface area contributed by atoms with Gasteiger partial charge in [0.05, 0.1) is 0 Å². The molecule has 20 heavy (non-hydrogen) atoms. The smallest absolute Gasteiger partial charge is 0.0335 e. The standard InChI is InChI=1S/C16H27BrN2S/c1-4-16(3,19-9-6-7-10-19)15(18-5-2)12-14-13(17)8-11-20-14/h8,11,15,18H,4-7,9-10,12H2,1-3H3. The quantitative estimate of drug-likeness (QED) is 0.781. The van der Waals surface area contributed by atoms with Gasteiger partial charge in [0.1, 0.15) is 0 Å². The Hall–Kier alpha value is 0.1000. The molecule has 1 aromatic heterocycles. The summed E-state index contributed by atoms with van der Waals surface area (Å²) in [4.78, 5) is 4.18. The molecular formula is C16H27BrN2S. The lowest BCUT2D eigenvalue weighted by Gasteiger charge is -2.45. The van der Waals surface area contributed by atoms with E-state index in [-0.39, 0.29) is 5.54 Å². The van der Waals surface area contributed by atoms with E-state index in [9.17, 15) is 0 Å². The van der Waals surface area contributed by atoms with Gasteiger partial charge in [0, 0.05) is 20.9 Å². The minimum absolute atomic E-state index is 0.260. The lowest BCUT2D eigenvalue weighted by molar-refractivity contribution is 0.0850. The van der Waals surface area contributed by atoms with E-state index in [0.717, 1.165) is 13.0 Å². The van der Waals surface area contributed by atoms with Crippen LogP contribution in [0.15, 0.2) is 15.9 Å². The van der Waals surface area contributed by atoms with Crippen LogP contribution in [0.1, 0.15) is 44.9 Å². The van der Waals surface area contributed by atoms with Crippen LogP contribution in [0.3, 0.4) is 0 Å². The summed E-state index contributed by atoms with van der Waals surface area (Å²) < 4.78 is 1.27. The number of hydrogen-bond donors (Lipinski definition) is 1. The summed E-state index contributed by atoms with van der Waals surface area (Å²) in [5.74, 6) is 0. The van der Waals surface area contributed by atoms with E-state index >= 15 is 0 Å². The molecular weight excluding hydrogens is 332 g/mol. The van der Waals surface area contributed by atoms with E-state index < -0.39 is 0 Å². The molecule has 1 N–H and O–H groups in total. The fraction of sp³-hybridized carbons (Fsp3) is 0.750. The molecule has 2 atom stereocenters. The molecule has 1 aliphatic heterocycles. The van der Waals surface area contributed by atoms with Crippen molar-refractivity contribution in [3.63, 3.8) is 0 Å². The minimum atomic E-state index is 0.260. The van der Waals surface area contributed by atoms with Gasteiger partial charge in [-0.15, -0.1) is 11.3 Å². The van der Waals surface area contributed by atoms with Crippen LogP contribution in [0.25, 0.3) is 0 Å². The summed E-state index contributed by atoms with van der Waals surface area (Å²) in [6, 6.07) is 2.69. The molecule has 2 nitrogen and oxygen atoms in total. The van der Waals surface area contributed by atoms with Gasteiger partial charge in [-0.1, -0.05) is 13.8 Å². The Morgan fingerprint density at radius 2 is 2.10 bits per heavy atom. The molecule has 0 bridgehead atoms.